The fraction of sp³-hybridized carbons (Fsp3) is 0.259. The lowest BCUT2D eigenvalue weighted by Crippen LogP contribution is -2.47. The van der Waals surface area contributed by atoms with Crippen LogP contribution in [0.1, 0.15) is 24.0 Å². The average Bonchev–Trinajstić information content (AvgIpc) is 3.16. The van der Waals surface area contributed by atoms with Gasteiger partial charge in [-0.15, -0.1) is 0 Å². The van der Waals surface area contributed by atoms with Crippen molar-refractivity contribution in [3.8, 4) is 16.9 Å². The molecule has 2 heterocycles. The minimum atomic E-state index is -1.16. The second-order valence-corrected chi connectivity index (χ2v) is 8.42. The first-order valence-electron chi connectivity index (χ1n) is 11.2. The Labute approximate surface area is 193 Å². The molecule has 2 N–H and O–H groups in total. The molecule has 2 fully saturated rings. The first-order valence-corrected chi connectivity index (χ1v) is 11.2. The van der Waals surface area contributed by atoms with E-state index < -0.39 is 5.54 Å². The summed E-state index contributed by atoms with van der Waals surface area (Å²) >= 11 is 0. The van der Waals surface area contributed by atoms with Crippen LogP contribution in [0, 0.1) is 5.41 Å². The van der Waals surface area contributed by atoms with Crippen molar-refractivity contribution in [2.45, 2.75) is 24.4 Å². The highest BCUT2D eigenvalue weighted by Gasteiger charge is 2.54. The quantitative estimate of drug-likeness (QED) is 0.624. The number of nitrogens with zero attached hydrogens (tertiary/aromatic N) is 1. The molecule has 0 bridgehead atoms. The van der Waals surface area contributed by atoms with E-state index in [2.05, 4.69) is 5.32 Å². The Bertz CT molecular complexity index is 1170. The lowest BCUT2D eigenvalue weighted by atomic mass is 9.81. The lowest BCUT2D eigenvalue weighted by molar-refractivity contribution is -0.132. The van der Waals surface area contributed by atoms with E-state index in [-0.39, 0.29) is 17.9 Å². The number of carbonyl (C=O) groups is 1. The van der Waals surface area contributed by atoms with Crippen LogP contribution in [0.5, 0.6) is 5.75 Å². The molecule has 33 heavy (non-hydrogen) atoms. The molecule has 5 rings (SSSR count). The predicted octanol–water partition coefficient (Wildman–Crippen LogP) is 4.15. The van der Waals surface area contributed by atoms with Crippen molar-refractivity contribution in [3.63, 3.8) is 0 Å². The van der Waals surface area contributed by atoms with Gasteiger partial charge < -0.3 is 14.8 Å². The molecular formula is C27H27N3O3. The summed E-state index contributed by atoms with van der Waals surface area (Å²) in [5, 5.41) is 12.0. The molecule has 0 radical (unpaired) electrons. The van der Waals surface area contributed by atoms with Gasteiger partial charge in [0.15, 0.2) is 11.5 Å². The molecule has 1 unspecified atom stereocenters. The maximum atomic E-state index is 14.1. The monoisotopic (exact) mass is 441 g/mol. The van der Waals surface area contributed by atoms with Crippen molar-refractivity contribution in [1.82, 2.24) is 10.2 Å². The number of guanidine groups is 1. The zero-order chi connectivity index (χ0) is 22.8. The molecule has 2 saturated heterocycles. The summed E-state index contributed by atoms with van der Waals surface area (Å²) in [6.45, 7) is 1.21. The van der Waals surface area contributed by atoms with E-state index in [0.29, 0.717) is 13.2 Å². The molecule has 0 spiro atoms. The highest BCUT2D eigenvalue weighted by Crippen LogP contribution is 2.39. The van der Waals surface area contributed by atoms with Gasteiger partial charge >= 0.3 is 0 Å². The van der Waals surface area contributed by atoms with Crippen LogP contribution in [0.15, 0.2) is 78.9 Å². The SMILES string of the molecule is COc1cccc(-c2cccc(C3(c4ccccc4)NC(=N)N(C4CCOCC4)C3=O)c2)c1. The number of carbonyl (C=O) groups excluding carboxylic acids is 1. The van der Waals surface area contributed by atoms with Gasteiger partial charge in [-0.25, -0.2) is 0 Å². The Morgan fingerprint density at radius 3 is 2.33 bits per heavy atom. The summed E-state index contributed by atoms with van der Waals surface area (Å²) in [6, 6.07) is 25.5. The van der Waals surface area contributed by atoms with E-state index in [9.17, 15) is 4.79 Å². The Morgan fingerprint density at radius 1 is 0.939 bits per heavy atom. The van der Waals surface area contributed by atoms with Gasteiger partial charge in [0, 0.05) is 19.3 Å². The Morgan fingerprint density at radius 2 is 1.61 bits per heavy atom. The van der Waals surface area contributed by atoms with E-state index >= 15 is 0 Å². The number of nitrogens with one attached hydrogen (secondary N) is 2. The molecule has 6 nitrogen and oxygen atoms in total. The van der Waals surface area contributed by atoms with Crippen LogP contribution < -0.4 is 10.1 Å². The van der Waals surface area contributed by atoms with Crippen LogP contribution in [0.3, 0.4) is 0 Å². The van der Waals surface area contributed by atoms with Gasteiger partial charge in [0.2, 0.25) is 0 Å². The van der Waals surface area contributed by atoms with E-state index in [1.807, 2.05) is 78.9 Å². The van der Waals surface area contributed by atoms with Crippen LogP contribution in [-0.4, -0.2) is 43.1 Å². The van der Waals surface area contributed by atoms with Crippen LogP contribution in [0.4, 0.5) is 0 Å². The van der Waals surface area contributed by atoms with Crippen molar-refractivity contribution >= 4 is 11.9 Å². The number of amides is 1. The zero-order valence-corrected chi connectivity index (χ0v) is 18.6. The molecule has 0 aromatic heterocycles. The van der Waals surface area contributed by atoms with E-state index in [4.69, 9.17) is 14.9 Å². The van der Waals surface area contributed by atoms with Gasteiger partial charge in [0.05, 0.1) is 7.11 Å². The molecule has 1 amide bonds. The first-order chi connectivity index (χ1) is 16.1. The Kier molecular flexibility index (Phi) is 5.60. The Hall–Kier alpha value is -3.64. The third-order valence-corrected chi connectivity index (χ3v) is 6.55. The first kappa shape index (κ1) is 21.2. The van der Waals surface area contributed by atoms with Crippen molar-refractivity contribution in [2.24, 2.45) is 0 Å². The zero-order valence-electron chi connectivity index (χ0n) is 18.6. The molecule has 2 aliphatic rings. The molecule has 1 atom stereocenters. The molecular weight excluding hydrogens is 414 g/mol. The highest BCUT2D eigenvalue weighted by atomic mass is 16.5. The normalized spacial score (nSPS) is 21.2. The number of hydrogen-bond acceptors (Lipinski definition) is 4. The summed E-state index contributed by atoms with van der Waals surface area (Å²) in [7, 11) is 1.65. The maximum absolute atomic E-state index is 14.1. The van der Waals surface area contributed by atoms with Crippen molar-refractivity contribution in [1.29, 1.82) is 5.41 Å². The van der Waals surface area contributed by atoms with Gasteiger partial charge in [-0.1, -0.05) is 60.7 Å². The molecule has 168 valence electrons. The minimum absolute atomic E-state index is 0.0431. The summed E-state index contributed by atoms with van der Waals surface area (Å²) in [5.41, 5.74) is 2.44. The van der Waals surface area contributed by atoms with Crippen molar-refractivity contribution < 1.29 is 14.3 Å². The van der Waals surface area contributed by atoms with Gasteiger partial charge in [-0.2, -0.15) is 0 Å². The van der Waals surface area contributed by atoms with Gasteiger partial charge in [-0.05, 0) is 53.3 Å². The summed E-state index contributed by atoms with van der Waals surface area (Å²) < 4.78 is 10.9. The topological polar surface area (TPSA) is 74.7 Å². The third-order valence-electron chi connectivity index (χ3n) is 6.55. The molecule has 0 saturated carbocycles. The molecule has 3 aromatic carbocycles. The molecule has 0 aliphatic carbocycles. The second-order valence-electron chi connectivity index (χ2n) is 8.42. The fourth-order valence-electron chi connectivity index (χ4n) is 4.85. The molecule has 6 heteroatoms. The highest BCUT2D eigenvalue weighted by molar-refractivity contribution is 6.10. The van der Waals surface area contributed by atoms with Crippen LogP contribution in [-0.2, 0) is 15.1 Å². The minimum Gasteiger partial charge on any atom is -0.497 e. The fourth-order valence-corrected chi connectivity index (χ4v) is 4.85. The number of rotatable bonds is 5. The van der Waals surface area contributed by atoms with Crippen LogP contribution in [0.25, 0.3) is 11.1 Å². The lowest BCUT2D eigenvalue weighted by Gasteiger charge is -2.32. The summed E-state index contributed by atoms with van der Waals surface area (Å²) in [6.07, 6.45) is 1.45. The Balaban J connectivity index is 1.63. The van der Waals surface area contributed by atoms with Crippen molar-refractivity contribution in [3.05, 3.63) is 90.0 Å². The molecule has 2 aliphatic heterocycles. The van der Waals surface area contributed by atoms with E-state index in [0.717, 1.165) is 40.8 Å². The number of benzene rings is 3. The predicted molar refractivity (Wildman–Crippen MR) is 127 cm³/mol. The van der Waals surface area contributed by atoms with Gasteiger partial charge in [-0.3, -0.25) is 15.1 Å². The maximum Gasteiger partial charge on any atom is 0.264 e. The number of methoxy groups -OCH3 is 1. The van der Waals surface area contributed by atoms with Crippen molar-refractivity contribution in [2.75, 3.05) is 20.3 Å². The largest absolute Gasteiger partial charge is 0.497 e. The number of ether oxygens (including phenoxy) is 2. The summed E-state index contributed by atoms with van der Waals surface area (Å²) in [5.74, 6) is 0.800. The third kappa shape index (κ3) is 3.66. The van der Waals surface area contributed by atoms with Gasteiger partial charge in [0.1, 0.15) is 5.75 Å². The molecule has 3 aromatic rings. The van der Waals surface area contributed by atoms with E-state index in [1.165, 1.54) is 0 Å². The second kappa shape index (κ2) is 8.71. The van der Waals surface area contributed by atoms with Gasteiger partial charge in [0.25, 0.3) is 5.91 Å². The van der Waals surface area contributed by atoms with Crippen LogP contribution in [0.2, 0.25) is 0 Å². The standard InChI is InChI=1S/C27H27N3O3/c1-32-24-12-6-8-20(18-24)19-7-5-11-22(17-19)27(21-9-3-2-4-10-21)25(31)30(26(28)29-27)23-13-15-33-16-14-23/h2-12,17-18,23H,13-16H2,1H3,(H2,28,29). The van der Waals surface area contributed by atoms with E-state index in [1.54, 1.807) is 12.0 Å². The van der Waals surface area contributed by atoms with Crippen LogP contribution >= 0.6 is 0 Å². The summed E-state index contributed by atoms with van der Waals surface area (Å²) in [4.78, 5) is 15.8. The average molecular weight is 442 g/mol. The smallest absolute Gasteiger partial charge is 0.264 e. The number of hydrogen-bond donors (Lipinski definition) is 2.